The van der Waals surface area contributed by atoms with Gasteiger partial charge in [0.05, 0.1) is 0 Å². The Morgan fingerprint density at radius 3 is 2.25 bits per heavy atom. The Morgan fingerprint density at radius 1 is 0.800 bits per heavy atom. The van der Waals surface area contributed by atoms with Crippen LogP contribution in [0.3, 0.4) is 0 Å². The third-order valence-electron chi connectivity index (χ3n) is 5.79. The molecule has 0 aromatic carbocycles. The molecule has 0 amide bonds. The summed E-state index contributed by atoms with van der Waals surface area (Å²) in [7, 11) is 0. The topological polar surface area (TPSA) is 9.72 Å². The Balaban J connectivity index is 1.45. The summed E-state index contributed by atoms with van der Waals surface area (Å²) >= 11 is 0. The molecule has 3 rings (SSSR count). The predicted molar refractivity (Wildman–Crippen MR) is 85.1 cm³/mol. The number of hydrogen-bond acceptors (Lipinski definition) is 3. The van der Waals surface area contributed by atoms with Gasteiger partial charge in [0.2, 0.25) is 0 Å². The van der Waals surface area contributed by atoms with E-state index >= 15 is 0 Å². The van der Waals surface area contributed by atoms with Crippen LogP contribution in [0.5, 0.6) is 0 Å². The number of likely N-dealkylation sites (tertiary alicyclic amines) is 3. The number of hydrogen-bond donors (Lipinski definition) is 0. The van der Waals surface area contributed by atoms with Crippen molar-refractivity contribution in [2.45, 2.75) is 51.5 Å². The van der Waals surface area contributed by atoms with Crippen LogP contribution < -0.4 is 0 Å². The van der Waals surface area contributed by atoms with Crippen LogP contribution in [-0.2, 0) is 0 Å². The van der Waals surface area contributed by atoms with Gasteiger partial charge in [-0.25, -0.2) is 0 Å². The summed E-state index contributed by atoms with van der Waals surface area (Å²) < 4.78 is 0. The van der Waals surface area contributed by atoms with Crippen molar-refractivity contribution in [3.63, 3.8) is 0 Å². The second-order valence-corrected chi connectivity index (χ2v) is 7.18. The van der Waals surface area contributed by atoms with Crippen molar-refractivity contribution in [3.05, 3.63) is 0 Å². The molecule has 3 heteroatoms. The van der Waals surface area contributed by atoms with E-state index in [0.29, 0.717) is 0 Å². The number of piperidine rings is 2. The minimum atomic E-state index is 0.888. The Morgan fingerprint density at radius 2 is 1.55 bits per heavy atom. The van der Waals surface area contributed by atoms with Crippen molar-refractivity contribution in [1.82, 2.24) is 14.7 Å². The third kappa shape index (κ3) is 3.75. The fraction of sp³-hybridized carbons (Fsp3) is 1.00. The van der Waals surface area contributed by atoms with Crippen molar-refractivity contribution in [2.24, 2.45) is 5.92 Å². The standard InChI is InChI=1S/C17H33N3/c1-2-18-12-7-17(8-13-18)20-11-5-6-16(15-20)14-19-9-3-4-10-19/h16-17H,2-15H2,1H3/t16-/m1/s1. The fourth-order valence-electron chi connectivity index (χ4n) is 4.51. The normalized spacial score (nSPS) is 31.9. The van der Waals surface area contributed by atoms with Crippen molar-refractivity contribution < 1.29 is 0 Å². The van der Waals surface area contributed by atoms with Crippen molar-refractivity contribution in [2.75, 3.05) is 52.4 Å². The molecule has 0 aromatic rings. The number of rotatable bonds is 4. The molecule has 20 heavy (non-hydrogen) atoms. The summed E-state index contributed by atoms with van der Waals surface area (Å²) in [6.45, 7) is 13.1. The summed E-state index contributed by atoms with van der Waals surface area (Å²) in [5.41, 5.74) is 0. The average Bonchev–Trinajstić information content (AvgIpc) is 3.01. The zero-order chi connectivity index (χ0) is 13.8. The van der Waals surface area contributed by atoms with Gasteiger partial charge in [-0.05, 0) is 83.7 Å². The molecule has 3 heterocycles. The van der Waals surface area contributed by atoms with Gasteiger partial charge in [-0.15, -0.1) is 0 Å². The molecule has 0 N–H and O–H groups in total. The minimum Gasteiger partial charge on any atom is -0.303 e. The molecular weight excluding hydrogens is 246 g/mol. The van der Waals surface area contributed by atoms with Crippen LogP contribution in [0, 0.1) is 5.92 Å². The lowest BCUT2D eigenvalue weighted by molar-refractivity contribution is 0.0640. The van der Waals surface area contributed by atoms with Gasteiger partial charge >= 0.3 is 0 Å². The predicted octanol–water partition coefficient (Wildman–Crippen LogP) is 2.28. The van der Waals surface area contributed by atoms with Gasteiger partial charge < -0.3 is 9.80 Å². The van der Waals surface area contributed by atoms with Gasteiger partial charge in [0.15, 0.2) is 0 Å². The van der Waals surface area contributed by atoms with Gasteiger partial charge in [0, 0.05) is 19.1 Å². The molecule has 1 atom stereocenters. The van der Waals surface area contributed by atoms with E-state index in [0.717, 1.165) is 12.0 Å². The first-order chi connectivity index (χ1) is 9.85. The highest BCUT2D eigenvalue weighted by Gasteiger charge is 2.29. The van der Waals surface area contributed by atoms with Crippen molar-refractivity contribution in [1.29, 1.82) is 0 Å². The molecule has 0 unspecified atom stereocenters. The highest BCUT2D eigenvalue weighted by Crippen LogP contribution is 2.25. The average molecular weight is 279 g/mol. The van der Waals surface area contributed by atoms with Gasteiger partial charge in [0.1, 0.15) is 0 Å². The Hall–Kier alpha value is -0.120. The van der Waals surface area contributed by atoms with Crippen LogP contribution in [-0.4, -0.2) is 73.1 Å². The minimum absolute atomic E-state index is 0.888. The molecule has 3 fully saturated rings. The maximum Gasteiger partial charge on any atom is 0.0120 e. The van der Waals surface area contributed by atoms with Gasteiger partial charge in [0.25, 0.3) is 0 Å². The monoisotopic (exact) mass is 279 g/mol. The molecule has 0 bridgehead atoms. The smallest absolute Gasteiger partial charge is 0.0120 e. The summed E-state index contributed by atoms with van der Waals surface area (Å²) in [5, 5.41) is 0. The van der Waals surface area contributed by atoms with Crippen LogP contribution in [0.15, 0.2) is 0 Å². The summed E-state index contributed by atoms with van der Waals surface area (Å²) in [5.74, 6) is 0.950. The molecule has 3 saturated heterocycles. The Bertz CT molecular complexity index is 280. The first-order valence-electron chi connectivity index (χ1n) is 9.04. The van der Waals surface area contributed by atoms with Crippen LogP contribution >= 0.6 is 0 Å². The van der Waals surface area contributed by atoms with Crippen molar-refractivity contribution in [3.8, 4) is 0 Å². The lowest BCUT2D eigenvalue weighted by Gasteiger charge is -2.42. The summed E-state index contributed by atoms with van der Waals surface area (Å²) in [6, 6.07) is 0.888. The fourth-order valence-corrected chi connectivity index (χ4v) is 4.51. The SMILES string of the molecule is CCN1CCC(N2CCC[C@H](CN3CCCC3)C2)CC1. The highest BCUT2D eigenvalue weighted by molar-refractivity contribution is 4.85. The molecule has 0 aliphatic carbocycles. The van der Waals surface area contributed by atoms with Crippen LogP contribution in [0.2, 0.25) is 0 Å². The molecule has 0 aromatic heterocycles. The maximum atomic E-state index is 2.84. The van der Waals surface area contributed by atoms with Gasteiger partial charge in [-0.2, -0.15) is 0 Å². The third-order valence-corrected chi connectivity index (χ3v) is 5.79. The van der Waals surface area contributed by atoms with E-state index in [1.165, 1.54) is 90.9 Å². The quantitative estimate of drug-likeness (QED) is 0.782. The molecular formula is C17H33N3. The molecule has 116 valence electrons. The van der Waals surface area contributed by atoms with Crippen molar-refractivity contribution >= 4 is 0 Å². The Kier molecular flexibility index (Phi) is 5.36. The lowest BCUT2D eigenvalue weighted by atomic mass is 9.93. The van der Waals surface area contributed by atoms with Gasteiger partial charge in [-0.1, -0.05) is 6.92 Å². The van der Waals surface area contributed by atoms with E-state index in [-0.39, 0.29) is 0 Å². The second kappa shape index (κ2) is 7.24. The van der Waals surface area contributed by atoms with E-state index in [1.54, 1.807) is 0 Å². The van der Waals surface area contributed by atoms with E-state index in [2.05, 4.69) is 21.6 Å². The van der Waals surface area contributed by atoms with E-state index in [1.807, 2.05) is 0 Å². The zero-order valence-electron chi connectivity index (χ0n) is 13.4. The van der Waals surface area contributed by atoms with E-state index < -0.39 is 0 Å². The molecule has 3 nitrogen and oxygen atoms in total. The first kappa shape index (κ1) is 14.8. The van der Waals surface area contributed by atoms with E-state index in [4.69, 9.17) is 0 Å². The summed E-state index contributed by atoms with van der Waals surface area (Å²) in [4.78, 5) is 8.17. The molecule has 0 radical (unpaired) electrons. The number of nitrogens with zero attached hydrogens (tertiary/aromatic N) is 3. The molecule has 3 aliphatic heterocycles. The molecule has 3 aliphatic rings. The van der Waals surface area contributed by atoms with Crippen LogP contribution in [0.1, 0.15) is 45.4 Å². The lowest BCUT2D eigenvalue weighted by Crippen LogP contribution is -2.49. The Labute approximate surface area is 125 Å². The first-order valence-corrected chi connectivity index (χ1v) is 9.04. The van der Waals surface area contributed by atoms with E-state index in [9.17, 15) is 0 Å². The van der Waals surface area contributed by atoms with Gasteiger partial charge in [-0.3, -0.25) is 4.90 Å². The summed E-state index contributed by atoms with van der Waals surface area (Å²) in [6.07, 6.45) is 8.60. The molecule has 0 saturated carbocycles. The molecule has 0 spiro atoms. The highest BCUT2D eigenvalue weighted by atomic mass is 15.2. The zero-order valence-corrected chi connectivity index (χ0v) is 13.4. The maximum absolute atomic E-state index is 2.84. The van der Waals surface area contributed by atoms with Crippen LogP contribution in [0.25, 0.3) is 0 Å². The second-order valence-electron chi connectivity index (χ2n) is 7.18. The largest absolute Gasteiger partial charge is 0.303 e. The van der Waals surface area contributed by atoms with Crippen LogP contribution in [0.4, 0.5) is 0 Å².